The van der Waals surface area contributed by atoms with Crippen molar-refractivity contribution in [1.82, 2.24) is 9.80 Å². The molecule has 1 heterocycles. The van der Waals surface area contributed by atoms with Crippen molar-refractivity contribution < 1.29 is 14.4 Å². The molecule has 1 saturated heterocycles. The summed E-state index contributed by atoms with van der Waals surface area (Å²) in [6.45, 7) is 0.385. The molecule has 27 heavy (non-hydrogen) atoms. The van der Waals surface area contributed by atoms with Crippen LogP contribution in [0.2, 0.25) is 0 Å². The SMILES string of the molecule is CN(C)C(=O)c1ccc(N[C@@H]2CC(=O)N(CCc3ccccc3)C2=O)cc1. The van der Waals surface area contributed by atoms with Crippen LogP contribution in [0.1, 0.15) is 22.3 Å². The van der Waals surface area contributed by atoms with Gasteiger partial charge in [0.15, 0.2) is 0 Å². The van der Waals surface area contributed by atoms with Crippen LogP contribution in [0.15, 0.2) is 54.6 Å². The maximum absolute atomic E-state index is 12.6. The van der Waals surface area contributed by atoms with Crippen molar-refractivity contribution in [3.05, 3.63) is 65.7 Å². The Kier molecular flexibility index (Phi) is 5.54. The number of carbonyl (C=O) groups excluding carboxylic acids is 3. The monoisotopic (exact) mass is 365 g/mol. The molecule has 1 fully saturated rings. The van der Waals surface area contributed by atoms with Gasteiger partial charge in [-0.25, -0.2) is 0 Å². The summed E-state index contributed by atoms with van der Waals surface area (Å²) in [5.74, 6) is -0.446. The van der Waals surface area contributed by atoms with E-state index < -0.39 is 6.04 Å². The number of carbonyl (C=O) groups is 3. The van der Waals surface area contributed by atoms with E-state index in [0.29, 0.717) is 24.2 Å². The summed E-state index contributed by atoms with van der Waals surface area (Å²) in [5, 5.41) is 3.11. The highest BCUT2D eigenvalue weighted by atomic mass is 16.2. The molecule has 0 aromatic heterocycles. The number of likely N-dealkylation sites (tertiary alicyclic amines) is 1. The van der Waals surface area contributed by atoms with Gasteiger partial charge in [-0.05, 0) is 36.2 Å². The highest BCUT2D eigenvalue weighted by Crippen LogP contribution is 2.20. The minimum Gasteiger partial charge on any atom is -0.373 e. The molecule has 6 nitrogen and oxygen atoms in total. The molecule has 140 valence electrons. The summed E-state index contributed by atoms with van der Waals surface area (Å²) >= 11 is 0. The molecule has 0 spiro atoms. The number of amides is 3. The molecule has 1 aliphatic heterocycles. The van der Waals surface area contributed by atoms with Gasteiger partial charge in [0, 0.05) is 31.9 Å². The molecular weight excluding hydrogens is 342 g/mol. The Hall–Kier alpha value is -3.15. The molecule has 0 saturated carbocycles. The molecule has 6 heteroatoms. The molecule has 0 unspecified atom stereocenters. The summed E-state index contributed by atoms with van der Waals surface area (Å²) in [5.41, 5.74) is 2.38. The summed E-state index contributed by atoms with van der Waals surface area (Å²) in [4.78, 5) is 39.6. The fraction of sp³-hybridized carbons (Fsp3) is 0.286. The second kappa shape index (κ2) is 8.03. The van der Waals surface area contributed by atoms with Crippen LogP contribution in [0.5, 0.6) is 0 Å². The van der Waals surface area contributed by atoms with Gasteiger partial charge in [0.2, 0.25) is 5.91 Å². The van der Waals surface area contributed by atoms with Crippen LogP contribution in [0.3, 0.4) is 0 Å². The molecule has 2 aromatic carbocycles. The van der Waals surface area contributed by atoms with E-state index in [1.165, 1.54) is 9.80 Å². The number of rotatable bonds is 6. The lowest BCUT2D eigenvalue weighted by atomic mass is 10.1. The number of anilines is 1. The standard InChI is InChI=1S/C21H23N3O3/c1-23(2)20(26)16-8-10-17(11-9-16)22-18-14-19(25)24(21(18)27)13-12-15-6-4-3-5-7-15/h3-11,18,22H,12-14H2,1-2H3/t18-/m1/s1. The van der Waals surface area contributed by atoms with Gasteiger partial charge in [-0.15, -0.1) is 0 Å². The second-order valence-corrected chi connectivity index (χ2v) is 6.80. The number of hydrogen-bond acceptors (Lipinski definition) is 4. The lowest BCUT2D eigenvalue weighted by Crippen LogP contribution is -2.36. The van der Waals surface area contributed by atoms with E-state index >= 15 is 0 Å². The van der Waals surface area contributed by atoms with E-state index in [9.17, 15) is 14.4 Å². The van der Waals surface area contributed by atoms with Crippen molar-refractivity contribution in [2.45, 2.75) is 18.9 Å². The van der Waals surface area contributed by atoms with Crippen LogP contribution in [-0.4, -0.2) is 54.2 Å². The predicted molar refractivity (Wildman–Crippen MR) is 103 cm³/mol. The van der Waals surface area contributed by atoms with Crippen LogP contribution >= 0.6 is 0 Å². The molecule has 1 aliphatic rings. The van der Waals surface area contributed by atoms with Crippen molar-refractivity contribution >= 4 is 23.4 Å². The number of hydrogen-bond donors (Lipinski definition) is 1. The lowest BCUT2D eigenvalue weighted by molar-refractivity contribution is -0.138. The van der Waals surface area contributed by atoms with Crippen LogP contribution in [0.4, 0.5) is 5.69 Å². The predicted octanol–water partition coefficient (Wildman–Crippen LogP) is 2.17. The zero-order valence-corrected chi connectivity index (χ0v) is 15.5. The molecular formula is C21H23N3O3. The average molecular weight is 365 g/mol. The summed E-state index contributed by atoms with van der Waals surface area (Å²) in [7, 11) is 3.39. The van der Waals surface area contributed by atoms with Crippen LogP contribution in [0.25, 0.3) is 0 Å². The number of nitrogens with one attached hydrogen (secondary N) is 1. The maximum atomic E-state index is 12.6. The first-order valence-electron chi connectivity index (χ1n) is 8.92. The summed E-state index contributed by atoms with van der Waals surface area (Å²) in [6.07, 6.45) is 0.790. The number of benzene rings is 2. The maximum Gasteiger partial charge on any atom is 0.253 e. The first kappa shape index (κ1) is 18.6. The Balaban J connectivity index is 1.60. The third-order valence-electron chi connectivity index (χ3n) is 4.59. The van der Waals surface area contributed by atoms with Crippen LogP contribution in [0, 0.1) is 0 Å². The summed E-state index contributed by atoms with van der Waals surface area (Å²) in [6, 6.07) is 16.1. The Morgan fingerprint density at radius 3 is 2.37 bits per heavy atom. The quantitative estimate of drug-likeness (QED) is 0.797. The van der Waals surface area contributed by atoms with Gasteiger partial charge in [-0.2, -0.15) is 0 Å². The minimum atomic E-state index is -0.566. The van der Waals surface area contributed by atoms with Gasteiger partial charge < -0.3 is 10.2 Å². The Morgan fingerprint density at radius 1 is 1.07 bits per heavy atom. The van der Waals surface area contributed by atoms with Gasteiger partial charge in [-0.1, -0.05) is 30.3 Å². The first-order chi connectivity index (χ1) is 13.0. The third-order valence-corrected chi connectivity index (χ3v) is 4.59. The lowest BCUT2D eigenvalue weighted by Gasteiger charge is -2.16. The Bertz CT molecular complexity index is 832. The molecule has 0 radical (unpaired) electrons. The first-order valence-corrected chi connectivity index (χ1v) is 8.92. The second-order valence-electron chi connectivity index (χ2n) is 6.80. The van der Waals surface area contributed by atoms with E-state index in [4.69, 9.17) is 0 Å². The zero-order chi connectivity index (χ0) is 19.4. The van der Waals surface area contributed by atoms with Gasteiger partial charge in [0.25, 0.3) is 11.8 Å². The molecule has 0 bridgehead atoms. The van der Waals surface area contributed by atoms with Gasteiger partial charge >= 0.3 is 0 Å². The number of nitrogens with zero attached hydrogens (tertiary/aromatic N) is 2. The molecule has 0 aliphatic carbocycles. The normalized spacial score (nSPS) is 16.5. The smallest absolute Gasteiger partial charge is 0.253 e. The van der Waals surface area contributed by atoms with Crippen molar-refractivity contribution in [1.29, 1.82) is 0 Å². The van der Waals surface area contributed by atoms with E-state index in [0.717, 1.165) is 5.56 Å². The molecule has 1 N–H and O–H groups in total. The Morgan fingerprint density at radius 2 is 1.74 bits per heavy atom. The zero-order valence-electron chi connectivity index (χ0n) is 15.5. The van der Waals surface area contributed by atoms with Crippen molar-refractivity contribution in [2.24, 2.45) is 0 Å². The molecule has 2 aromatic rings. The molecule has 3 amide bonds. The molecule has 1 atom stereocenters. The van der Waals surface area contributed by atoms with Gasteiger partial charge in [-0.3, -0.25) is 19.3 Å². The van der Waals surface area contributed by atoms with Crippen molar-refractivity contribution in [2.75, 3.05) is 26.0 Å². The number of imide groups is 1. The fourth-order valence-electron chi connectivity index (χ4n) is 3.08. The highest BCUT2D eigenvalue weighted by molar-refractivity contribution is 6.06. The topological polar surface area (TPSA) is 69.7 Å². The van der Waals surface area contributed by atoms with Gasteiger partial charge in [0.05, 0.1) is 6.42 Å². The Labute approximate surface area is 158 Å². The largest absolute Gasteiger partial charge is 0.373 e. The van der Waals surface area contributed by atoms with Crippen LogP contribution in [-0.2, 0) is 16.0 Å². The van der Waals surface area contributed by atoms with E-state index in [1.54, 1.807) is 38.4 Å². The molecule has 3 rings (SSSR count). The van der Waals surface area contributed by atoms with E-state index in [1.807, 2.05) is 30.3 Å². The fourth-order valence-corrected chi connectivity index (χ4v) is 3.08. The van der Waals surface area contributed by atoms with E-state index in [2.05, 4.69) is 5.32 Å². The van der Waals surface area contributed by atoms with E-state index in [-0.39, 0.29) is 24.1 Å². The third kappa shape index (κ3) is 4.34. The minimum absolute atomic E-state index is 0.0826. The van der Waals surface area contributed by atoms with Crippen molar-refractivity contribution in [3.63, 3.8) is 0 Å². The van der Waals surface area contributed by atoms with Crippen molar-refractivity contribution in [3.8, 4) is 0 Å². The highest BCUT2D eigenvalue weighted by Gasteiger charge is 2.38. The summed E-state index contributed by atoms with van der Waals surface area (Å²) < 4.78 is 0. The van der Waals surface area contributed by atoms with Crippen LogP contribution < -0.4 is 5.32 Å². The average Bonchev–Trinajstić information content (AvgIpc) is 2.94. The van der Waals surface area contributed by atoms with Gasteiger partial charge in [0.1, 0.15) is 6.04 Å².